The summed E-state index contributed by atoms with van der Waals surface area (Å²) in [4.78, 5) is 5.42. The van der Waals surface area contributed by atoms with E-state index in [0.29, 0.717) is 17.1 Å². The Morgan fingerprint density at radius 1 is 1.53 bits per heavy atom. The second-order valence-corrected chi connectivity index (χ2v) is 5.22. The van der Waals surface area contributed by atoms with Crippen molar-refractivity contribution < 1.29 is 0 Å². The number of hydrogen-bond donors (Lipinski definition) is 1. The van der Waals surface area contributed by atoms with Gasteiger partial charge in [-0.3, -0.25) is 0 Å². The molecular formula is C12H10ClN3S. The van der Waals surface area contributed by atoms with Crippen LogP contribution in [0.3, 0.4) is 0 Å². The molecule has 0 radical (unpaired) electrons. The summed E-state index contributed by atoms with van der Waals surface area (Å²) in [5.74, 6) is 0. The molecule has 17 heavy (non-hydrogen) atoms. The Morgan fingerprint density at radius 2 is 2.35 bits per heavy atom. The van der Waals surface area contributed by atoms with Crippen molar-refractivity contribution in [3.63, 3.8) is 0 Å². The van der Waals surface area contributed by atoms with E-state index in [-0.39, 0.29) is 0 Å². The summed E-state index contributed by atoms with van der Waals surface area (Å²) < 4.78 is 0. The number of nitriles is 1. The average Bonchev–Trinajstić information content (AvgIpc) is 2.72. The molecule has 5 heteroatoms. The summed E-state index contributed by atoms with van der Waals surface area (Å²) >= 11 is 7.57. The lowest BCUT2D eigenvalue weighted by atomic mass is 10.2. The van der Waals surface area contributed by atoms with Crippen LogP contribution in [0.5, 0.6) is 0 Å². The lowest BCUT2D eigenvalue weighted by Gasteiger charge is -2.07. The zero-order chi connectivity index (χ0) is 12.3. The van der Waals surface area contributed by atoms with Crippen LogP contribution in [0.4, 0.5) is 5.69 Å². The van der Waals surface area contributed by atoms with Gasteiger partial charge in [-0.1, -0.05) is 17.7 Å². The summed E-state index contributed by atoms with van der Waals surface area (Å²) in [6.45, 7) is 2.62. The minimum atomic E-state index is 0.466. The van der Waals surface area contributed by atoms with E-state index >= 15 is 0 Å². The average molecular weight is 264 g/mol. The molecule has 2 aromatic rings. The molecule has 0 saturated carbocycles. The number of nitrogens with zero attached hydrogens (tertiary/aromatic N) is 2. The van der Waals surface area contributed by atoms with E-state index in [1.807, 2.05) is 25.3 Å². The van der Waals surface area contributed by atoms with Gasteiger partial charge in [-0.25, -0.2) is 4.98 Å². The Hall–Kier alpha value is -1.57. The third-order valence-corrected chi connectivity index (χ3v) is 3.45. The van der Waals surface area contributed by atoms with Crippen molar-refractivity contribution in [3.05, 3.63) is 44.9 Å². The van der Waals surface area contributed by atoms with Crippen LogP contribution >= 0.6 is 22.9 Å². The highest BCUT2D eigenvalue weighted by Crippen LogP contribution is 2.24. The maximum atomic E-state index is 9.01. The Bertz CT molecular complexity index is 571. The van der Waals surface area contributed by atoms with Crippen molar-refractivity contribution in [3.8, 4) is 6.07 Å². The van der Waals surface area contributed by atoms with Gasteiger partial charge in [0.25, 0.3) is 0 Å². The summed E-state index contributed by atoms with van der Waals surface area (Å²) in [5, 5.41) is 13.6. The maximum Gasteiger partial charge on any atom is 0.112 e. The van der Waals surface area contributed by atoms with Gasteiger partial charge in [-0.05, 0) is 19.1 Å². The highest BCUT2D eigenvalue weighted by atomic mass is 35.5. The van der Waals surface area contributed by atoms with E-state index in [1.165, 1.54) is 4.88 Å². The molecule has 1 heterocycles. The Balaban J connectivity index is 2.14. The Kier molecular flexibility index (Phi) is 3.62. The van der Waals surface area contributed by atoms with Crippen molar-refractivity contribution in [2.45, 2.75) is 13.5 Å². The third kappa shape index (κ3) is 2.76. The topological polar surface area (TPSA) is 48.7 Å². The van der Waals surface area contributed by atoms with Crippen LogP contribution in [-0.4, -0.2) is 4.98 Å². The SMILES string of the molecule is Cc1cnc(CNc2cccc(Cl)c2C#N)s1. The summed E-state index contributed by atoms with van der Waals surface area (Å²) in [6, 6.07) is 7.46. The van der Waals surface area contributed by atoms with Crippen LogP contribution in [0, 0.1) is 18.3 Å². The molecule has 0 fully saturated rings. The number of halogens is 1. The highest BCUT2D eigenvalue weighted by molar-refractivity contribution is 7.11. The van der Waals surface area contributed by atoms with Gasteiger partial charge in [0, 0.05) is 11.1 Å². The van der Waals surface area contributed by atoms with Crippen molar-refractivity contribution in [2.75, 3.05) is 5.32 Å². The van der Waals surface area contributed by atoms with Crippen LogP contribution in [0.25, 0.3) is 0 Å². The molecule has 0 aliphatic carbocycles. The molecule has 0 unspecified atom stereocenters. The molecular weight excluding hydrogens is 254 g/mol. The highest BCUT2D eigenvalue weighted by Gasteiger charge is 2.06. The molecule has 1 N–H and O–H groups in total. The van der Waals surface area contributed by atoms with E-state index < -0.39 is 0 Å². The lowest BCUT2D eigenvalue weighted by molar-refractivity contribution is 1.10. The van der Waals surface area contributed by atoms with Gasteiger partial charge >= 0.3 is 0 Å². The van der Waals surface area contributed by atoms with Crippen molar-refractivity contribution in [1.29, 1.82) is 5.26 Å². The normalized spacial score (nSPS) is 9.94. The van der Waals surface area contributed by atoms with Gasteiger partial charge in [0.2, 0.25) is 0 Å². The number of anilines is 1. The molecule has 0 spiro atoms. The van der Waals surface area contributed by atoms with Crippen molar-refractivity contribution >= 4 is 28.6 Å². The fourth-order valence-corrected chi connectivity index (χ4v) is 2.38. The maximum absolute atomic E-state index is 9.01. The molecule has 0 atom stereocenters. The predicted molar refractivity (Wildman–Crippen MR) is 70.3 cm³/mol. The quantitative estimate of drug-likeness (QED) is 0.921. The zero-order valence-corrected chi connectivity index (χ0v) is 10.8. The zero-order valence-electron chi connectivity index (χ0n) is 9.20. The van der Waals surface area contributed by atoms with Crippen molar-refractivity contribution in [2.24, 2.45) is 0 Å². The Morgan fingerprint density at radius 3 is 3.00 bits per heavy atom. The Labute approximate surface area is 109 Å². The van der Waals surface area contributed by atoms with E-state index in [2.05, 4.69) is 16.4 Å². The molecule has 0 saturated heterocycles. The molecule has 3 nitrogen and oxygen atoms in total. The number of aryl methyl sites for hydroxylation is 1. The number of nitrogens with one attached hydrogen (secondary N) is 1. The minimum absolute atomic E-state index is 0.466. The lowest BCUT2D eigenvalue weighted by Crippen LogP contribution is -2.00. The predicted octanol–water partition coefficient (Wildman–Crippen LogP) is 3.59. The monoisotopic (exact) mass is 263 g/mol. The molecule has 2 rings (SSSR count). The van der Waals surface area contributed by atoms with E-state index in [1.54, 1.807) is 17.4 Å². The summed E-state index contributed by atoms with van der Waals surface area (Å²) in [6.07, 6.45) is 1.84. The number of aromatic nitrogens is 1. The smallest absolute Gasteiger partial charge is 0.112 e. The van der Waals surface area contributed by atoms with Crippen LogP contribution in [0.1, 0.15) is 15.4 Å². The van der Waals surface area contributed by atoms with Gasteiger partial charge in [0.1, 0.15) is 11.1 Å². The fourth-order valence-electron chi connectivity index (χ4n) is 1.44. The molecule has 0 aliphatic heterocycles. The summed E-state index contributed by atoms with van der Waals surface area (Å²) in [7, 11) is 0. The molecule has 0 aliphatic rings. The van der Waals surface area contributed by atoms with Crippen LogP contribution in [0.15, 0.2) is 24.4 Å². The number of rotatable bonds is 3. The first-order valence-corrected chi connectivity index (χ1v) is 6.24. The second kappa shape index (κ2) is 5.17. The number of thiazole rings is 1. The molecule has 1 aromatic carbocycles. The van der Waals surface area contributed by atoms with Crippen LogP contribution in [0.2, 0.25) is 5.02 Å². The van der Waals surface area contributed by atoms with Gasteiger partial charge < -0.3 is 5.32 Å². The van der Waals surface area contributed by atoms with Crippen molar-refractivity contribution in [1.82, 2.24) is 4.98 Å². The molecule has 86 valence electrons. The number of benzene rings is 1. The van der Waals surface area contributed by atoms with Crippen LogP contribution in [-0.2, 0) is 6.54 Å². The van der Waals surface area contributed by atoms with E-state index in [4.69, 9.17) is 16.9 Å². The fraction of sp³-hybridized carbons (Fsp3) is 0.167. The number of hydrogen-bond acceptors (Lipinski definition) is 4. The largest absolute Gasteiger partial charge is 0.377 e. The molecule has 0 bridgehead atoms. The first-order chi connectivity index (χ1) is 8.20. The first-order valence-electron chi connectivity index (χ1n) is 5.04. The van der Waals surface area contributed by atoms with Gasteiger partial charge in [-0.15, -0.1) is 11.3 Å². The van der Waals surface area contributed by atoms with Crippen LogP contribution < -0.4 is 5.32 Å². The standard InChI is InChI=1S/C12H10ClN3S/c1-8-6-16-12(17-8)7-15-11-4-2-3-10(13)9(11)5-14/h2-4,6,15H,7H2,1H3. The first kappa shape index (κ1) is 11.9. The second-order valence-electron chi connectivity index (χ2n) is 3.49. The third-order valence-electron chi connectivity index (χ3n) is 2.22. The van der Waals surface area contributed by atoms with E-state index in [0.717, 1.165) is 10.7 Å². The molecule has 1 aromatic heterocycles. The minimum Gasteiger partial charge on any atom is -0.377 e. The van der Waals surface area contributed by atoms with E-state index in [9.17, 15) is 0 Å². The summed E-state index contributed by atoms with van der Waals surface area (Å²) in [5.41, 5.74) is 1.22. The van der Waals surface area contributed by atoms with Gasteiger partial charge in [0.05, 0.1) is 22.8 Å². The van der Waals surface area contributed by atoms with Gasteiger partial charge in [0.15, 0.2) is 0 Å². The van der Waals surface area contributed by atoms with Gasteiger partial charge in [-0.2, -0.15) is 5.26 Å². The molecule has 0 amide bonds.